The molecule has 1 heterocycles. The Bertz CT molecular complexity index is 343. The minimum atomic E-state index is -0.194. The third-order valence-electron chi connectivity index (χ3n) is 2.00. The minimum Gasteiger partial charge on any atom is -0.372 e. The van der Waals surface area contributed by atoms with Gasteiger partial charge in [0.25, 0.3) is 5.91 Å². The van der Waals surface area contributed by atoms with Crippen LogP contribution in [-0.4, -0.2) is 35.9 Å². The zero-order chi connectivity index (χ0) is 12.5. The Balaban J connectivity index is 2.05. The van der Waals surface area contributed by atoms with E-state index >= 15 is 0 Å². The van der Waals surface area contributed by atoms with Crippen LogP contribution in [0.4, 0.5) is 5.13 Å². The lowest BCUT2D eigenvalue weighted by Gasteiger charge is -2.03. The number of nitrogens with one attached hydrogen (secondary N) is 1. The van der Waals surface area contributed by atoms with Crippen molar-refractivity contribution < 1.29 is 9.53 Å². The molecule has 0 bridgehead atoms. The number of nitrogens with two attached hydrogens (primary N) is 1. The van der Waals surface area contributed by atoms with E-state index in [1.165, 1.54) is 11.3 Å². The molecule has 0 unspecified atom stereocenters. The van der Waals surface area contributed by atoms with Gasteiger partial charge in [-0.1, -0.05) is 11.3 Å². The molecule has 17 heavy (non-hydrogen) atoms. The molecule has 96 valence electrons. The lowest BCUT2D eigenvalue weighted by atomic mass is 10.2. The summed E-state index contributed by atoms with van der Waals surface area (Å²) >= 11 is 1.34. The van der Waals surface area contributed by atoms with Gasteiger partial charge in [-0.3, -0.25) is 10.1 Å². The molecule has 0 aliphatic carbocycles. The molecule has 6 nitrogen and oxygen atoms in total. The van der Waals surface area contributed by atoms with E-state index in [4.69, 9.17) is 10.5 Å². The quantitative estimate of drug-likeness (QED) is 0.677. The van der Waals surface area contributed by atoms with Gasteiger partial charge in [-0.05, 0) is 32.7 Å². The first-order valence-corrected chi connectivity index (χ1v) is 6.42. The predicted octanol–water partition coefficient (Wildman–Crippen LogP) is 0.931. The molecule has 3 N–H and O–H groups in total. The van der Waals surface area contributed by atoms with E-state index in [0.29, 0.717) is 18.3 Å². The Morgan fingerprint density at radius 3 is 2.88 bits per heavy atom. The number of nitrogens with zero attached hydrogens (tertiary/aromatic N) is 2. The molecule has 0 aliphatic rings. The number of hydrogen-bond donors (Lipinski definition) is 2. The Hall–Kier alpha value is -1.05. The maximum absolute atomic E-state index is 11.4. The number of anilines is 1. The average Bonchev–Trinajstić information content (AvgIpc) is 2.69. The van der Waals surface area contributed by atoms with Crippen molar-refractivity contribution in [1.82, 2.24) is 10.2 Å². The van der Waals surface area contributed by atoms with Crippen LogP contribution >= 0.6 is 11.3 Å². The highest BCUT2D eigenvalue weighted by Gasteiger charge is 2.05. The van der Waals surface area contributed by atoms with Gasteiger partial charge in [0.2, 0.25) is 5.13 Å². The summed E-state index contributed by atoms with van der Waals surface area (Å²) in [6, 6.07) is 0. The molecular weight excluding hydrogens is 240 g/mol. The van der Waals surface area contributed by atoms with E-state index < -0.39 is 0 Å². The molecule has 0 radical (unpaired) electrons. The third-order valence-corrected chi connectivity index (χ3v) is 2.75. The maximum Gasteiger partial charge on any atom is 0.252 e. The molecule has 1 aromatic heterocycles. The van der Waals surface area contributed by atoms with Crippen molar-refractivity contribution in [3.63, 3.8) is 0 Å². The number of hydrogen-bond acceptors (Lipinski definition) is 6. The first kappa shape index (κ1) is 14.0. The zero-order valence-electron chi connectivity index (χ0n) is 9.94. The van der Waals surface area contributed by atoms with Crippen LogP contribution in [0.15, 0.2) is 0 Å². The summed E-state index contributed by atoms with van der Waals surface area (Å²) in [7, 11) is 0. The summed E-state index contributed by atoms with van der Waals surface area (Å²) in [4.78, 5) is 11.4. The van der Waals surface area contributed by atoms with Crippen molar-refractivity contribution in [3.05, 3.63) is 5.01 Å². The van der Waals surface area contributed by atoms with Crippen LogP contribution in [0, 0.1) is 6.92 Å². The van der Waals surface area contributed by atoms with Crippen LogP contribution in [-0.2, 0) is 9.53 Å². The summed E-state index contributed by atoms with van der Waals surface area (Å²) in [6.07, 6.45) is 2.97. The van der Waals surface area contributed by atoms with Crippen LogP contribution < -0.4 is 11.1 Å². The van der Waals surface area contributed by atoms with Crippen molar-refractivity contribution in [2.75, 3.05) is 25.1 Å². The topological polar surface area (TPSA) is 90.1 Å². The number of rotatable bonds is 8. The summed E-state index contributed by atoms with van der Waals surface area (Å²) < 4.78 is 5.22. The molecule has 0 saturated heterocycles. The molecule has 0 saturated carbocycles. The normalized spacial score (nSPS) is 10.5. The van der Waals surface area contributed by atoms with Gasteiger partial charge in [-0.2, -0.15) is 0 Å². The summed E-state index contributed by atoms with van der Waals surface area (Å²) in [6.45, 7) is 3.18. The first-order valence-electron chi connectivity index (χ1n) is 5.60. The van der Waals surface area contributed by atoms with Gasteiger partial charge in [0.05, 0.1) is 0 Å². The highest BCUT2D eigenvalue weighted by atomic mass is 32.1. The largest absolute Gasteiger partial charge is 0.372 e. The minimum absolute atomic E-state index is 0.0568. The predicted molar refractivity (Wildman–Crippen MR) is 67.0 cm³/mol. The summed E-state index contributed by atoms with van der Waals surface area (Å²) in [5.74, 6) is -0.194. The Kier molecular flexibility index (Phi) is 6.68. The second kappa shape index (κ2) is 8.10. The lowest BCUT2D eigenvalue weighted by Crippen LogP contribution is -2.18. The van der Waals surface area contributed by atoms with E-state index in [1.807, 2.05) is 6.92 Å². The second-order valence-electron chi connectivity index (χ2n) is 3.58. The number of amides is 1. The van der Waals surface area contributed by atoms with E-state index in [2.05, 4.69) is 15.5 Å². The van der Waals surface area contributed by atoms with Gasteiger partial charge in [-0.15, -0.1) is 10.2 Å². The smallest absolute Gasteiger partial charge is 0.252 e. The molecule has 7 heteroatoms. The van der Waals surface area contributed by atoms with Crippen molar-refractivity contribution in [2.24, 2.45) is 5.73 Å². The van der Waals surface area contributed by atoms with Crippen LogP contribution in [0.2, 0.25) is 0 Å². The van der Waals surface area contributed by atoms with Crippen LogP contribution in [0.5, 0.6) is 0 Å². The number of aryl methyl sites for hydroxylation is 1. The highest BCUT2D eigenvalue weighted by molar-refractivity contribution is 7.15. The molecule has 1 amide bonds. The maximum atomic E-state index is 11.4. The molecule has 0 aliphatic heterocycles. The number of carbonyl (C=O) groups is 1. The molecule has 0 spiro atoms. The van der Waals surface area contributed by atoms with Gasteiger partial charge in [-0.25, -0.2) is 0 Å². The van der Waals surface area contributed by atoms with Crippen molar-refractivity contribution in [3.8, 4) is 0 Å². The fourth-order valence-electron chi connectivity index (χ4n) is 1.19. The average molecular weight is 258 g/mol. The fraction of sp³-hybridized carbons (Fsp3) is 0.700. The lowest BCUT2D eigenvalue weighted by molar-refractivity contribution is -0.120. The van der Waals surface area contributed by atoms with E-state index in [0.717, 1.165) is 24.3 Å². The number of carbonyl (C=O) groups excluding carboxylic acids is 1. The third kappa shape index (κ3) is 6.30. The van der Waals surface area contributed by atoms with Gasteiger partial charge in [0.1, 0.15) is 11.6 Å². The van der Waals surface area contributed by atoms with E-state index in [1.54, 1.807) is 0 Å². The van der Waals surface area contributed by atoms with Crippen LogP contribution in [0.1, 0.15) is 24.3 Å². The standard InChI is InChI=1S/C10H18N4O2S/c1-8-13-14-10(17-8)12-9(15)7-16-6-4-2-3-5-11/h2-7,11H2,1H3,(H,12,14,15). The van der Waals surface area contributed by atoms with Crippen molar-refractivity contribution in [1.29, 1.82) is 0 Å². The Morgan fingerprint density at radius 1 is 1.41 bits per heavy atom. The van der Waals surface area contributed by atoms with Crippen molar-refractivity contribution >= 4 is 22.4 Å². The molecule has 0 fully saturated rings. The second-order valence-corrected chi connectivity index (χ2v) is 4.76. The Labute approximate surface area is 105 Å². The van der Waals surface area contributed by atoms with Gasteiger partial charge in [0, 0.05) is 6.61 Å². The van der Waals surface area contributed by atoms with Crippen LogP contribution in [0.25, 0.3) is 0 Å². The number of aromatic nitrogens is 2. The van der Waals surface area contributed by atoms with Crippen molar-refractivity contribution in [2.45, 2.75) is 26.2 Å². The summed E-state index contributed by atoms with van der Waals surface area (Å²) in [5, 5.41) is 11.6. The van der Waals surface area contributed by atoms with Crippen LogP contribution in [0.3, 0.4) is 0 Å². The number of unbranched alkanes of at least 4 members (excludes halogenated alkanes) is 2. The fourth-order valence-corrected chi connectivity index (χ4v) is 1.80. The SMILES string of the molecule is Cc1nnc(NC(=O)COCCCCCN)s1. The summed E-state index contributed by atoms with van der Waals surface area (Å²) in [5.41, 5.74) is 5.36. The highest BCUT2D eigenvalue weighted by Crippen LogP contribution is 2.13. The molecule has 0 aromatic carbocycles. The molecule has 1 aromatic rings. The monoisotopic (exact) mass is 258 g/mol. The first-order chi connectivity index (χ1) is 8.22. The van der Waals surface area contributed by atoms with E-state index in [-0.39, 0.29) is 12.5 Å². The van der Waals surface area contributed by atoms with Gasteiger partial charge < -0.3 is 10.5 Å². The van der Waals surface area contributed by atoms with Gasteiger partial charge >= 0.3 is 0 Å². The molecular formula is C10H18N4O2S. The molecule has 0 atom stereocenters. The molecule has 1 rings (SSSR count). The number of ether oxygens (including phenoxy) is 1. The Morgan fingerprint density at radius 2 is 2.24 bits per heavy atom. The van der Waals surface area contributed by atoms with E-state index in [9.17, 15) is 4.79 Å². The van der Waals surface area contributed by atoms with Gasteiger partial charge in [0.15, 0.2) is 0 Å². The zero-order valence-corrected chi connectivity index (χ0v) is 10.8.